The zero-order valence-corrected chi connectivity index (χ0v) is 12.4. The molecule has 0 radical (unpaired) electrons. The zero-order chi connectivity index (χ0) is 14.1. The van der Waals surface area contributed by atoms with Crippen molar-refractivity contribution in [2.45, 2.75) is 27.2 Å². The fourth-order valence-corrected chi connectivity index (χ4v) is 1.81. The Morgan fingerprint density at radius 2 is 1.79 bits per heavy atom. The molecule has 0 atom stereocenters. The van der Waals surface area contributed by atoms with Crippen LogP contribution in [0.1, 0.15) is 24.5 Å². The summed E-state index contributed by atoms with van der Waals surface area (Å²) in [5, 5.41) is 6.45. The van der Waals surface area contributed by atoms with E-state index in [9.17, 15) is 0 Å². The van der Waals surface area contributed by atoms with Crippen molar-refractivity contribution in [2.24, 2.45) is 4.99 Å². The number of ether oxygens (including phenoxy) is 1. The quantitative estimate of drug-likeness (QED) is 0.470. The SMILES string of the molecule is CCCNC(=NC)NCCOc1c(C)cccc1C. The third-order valence-electron chi connectivity index (χ3n) is 2.82. The molecule has 106 valence electrons. The number of benzene rings is 1. The second-order valence-electron chi connectivity index (χ2n) is 4.50. The molecular weight excluding hydrogens is 238 g/mol. The first-order chi connectivity index (χ1) is 9.19. The number of hydrogen-bond acceptors (Lipinski definition) is 2. The first kappa shape index (κ1) is 15.3. The third-order valence-corrected chi connectivity index (χ3v) is 2.82. The second-order valence-corrected chi connectivity index (χ2v) is 4.50. The minimum atomic E-state index is 0.624. The van der Waals surface area contributed by atoms with Crippen molar-refractivity contribution in [3.05, 3.63) is 29.3 Å². The fraction of sp³-hybridized carbons (Fsp3) is 0.533. The van der Waals surface area contributed by atoms with E-state index in [1.54, 1.807) is 7.05 Å². The van der Waals surface area contributed by atoms with E-state index in [2.05, 4.69) is 48.5 Å². The van der Waals surface area contributed by atoms with Gasteiger partial charge in [0.2, 0.25) is 0 Å². The highest BCUT2D eigenvalue weighted by atomic mass is 16.5. The molecule has 1 aromatic carbocycles. The lowest BCUT2D eigenvalue weighted by Gasteiger charge is -2.14. The van der Waals surface area contributed by atoms with Crippen molar-refractivity contribution in [2.75, 3.05) is 26.7 Å². The topological polar surface area (TPSA) is 45.7 Å². The predicted molar refractivity (Wildman–Crippen MR) is 81.1 cm³/mol. The minimum absolute atomic E-state index is 0.624. The molecular formula is C15H25N3O. The molecule has 0 aliphatic heterocycles. The number of hydrogen-bond donors (Lipinski definition) is 2. The van der Waals surface area contributed by atoms with Crippen molar-refractivity contribution in [1.29, 1.82) is 0 Å². The number of aryl methyl sites for hydroxylation is 2. The van der Waals surface area contributed by atoms with Crippen LogP contribution in [0.5, 0.6) is 5.75 Å². The maximum atomic E-state index is 5.82. The highest BCUT2D eigenvalue weighted by Crippen LogP contribution is 2.21. The molecule has 0 aromatic heterocycles. The Morgan fingerprint density at radius 3 is 2.37 bits per heavy atom. The molecule has 0 unspecified atom stereocenters. The van der Waals surface area contributed by atoms with Gasteiger partial charge in [0.25, 0.3) is 0 Å². The van der Waals surface area contributed by atoms with Crippen LogP contribution >= 0.6 is 0 Å². The number of nitrogens with one attached hydrogen (secondary N) is 2. The molecule has 0 aliphatic rings. The van der Waals surface area contributed by atoms with E-state index in [1.807, 2.05) is 6.07 Å². The van der Waals surface area contributed by atoms with Gasteiger partial charge in [-0.25, -0.2) is 0 Å². The molecule has 0 fully saturated rings. The van der Waals surface area contributed by atoms with Crippen molar-refractivity contribution in [3.63, 3.8) is 0 Å². The van der Waals surface area contributed by atoms with E-state index in [1.165, 1.54) is 11.1 Å². The summed E-state index contributed by atoms with van der Waals surface area (Å²) in [6.45, 7) is 8.55. The normalized spacial score (nSPS) is 11.3. The van der Waals surface area contributed by atoms with Crippen LogP contribution in [0.15, 0.2) is 23.2 Å². The van der Waals surface area contributed by atoms with Crippen LogP contribution < -0.4 is 15.4 Å². The summed E-state index contributed by atoms with van der Waals surface area (Å²) in [6, 6.07) is 6.18. The molecule has 0 spiro atoms. The van der Waals surface area contributed by atoms with Crippen molar-refractivity contribution in [1.82, 2.24) is 10.6 Å². The monoisotopic (exact) mass is 263 g/mol. The van der Waals surface area contributed by atoms with E-state index >= 15 is 0 Å². The largest absolute Gasteiger partial charge is 0.491 e. The summed E-state index contributed by atoms with van der Waals surface area (Å²) >= 11 is 0. The standard InChI is InChI=1S/C15H25N3O/c1-5-9-17-15(16-4)18-10-11-19-14-12(2)7-6-8-13(14)3/h6-8H,5,9-11H2,1-4H3,(H2,16,17,18). The van der Waals surface area contributed by atoms with E-state index in [0.717, 1.165) is 31.2 Å². The summed E-state index contributed by atoms with van der Waals surface area (Å²) in [5.74, 6) is 1.81. The van der Waals surface area contributed by atoms with Gasteiger partial charge in [-0.3, -0.25) is 4.99 Å². The smallest absolute Gasteiger partial charge is 0.191 e. The van der Waals surface area contributed by atoms with Crippen LogP contribution in [0.3, 0.4) is 0 Å². The van der Waals surface area contributed by atoms with Crippen molar-refractivity contribution >= 4 is 5.96 Å². The third kappa shape index (κ3) is 5.20. The summed E-state index contributed by atoms with van der Waals surface area (Å²) in [7, 11) is 1.78. The Balaban J connectivity index is 2.34. The van der Waals surface area contributed by atoms with Crippen LogP contribution in [0.4, 0.5) is 0 Å². The van der Waals surface area contributed by atoms with Crippen LogP contribution in [-0.4, -0.2) is 32.7 Å². The Hall–Kier alpha value is -1.71. The molecule has 1 rings (SSSR count). The lowest BCUT2D eigenvalue weighted by atomic mass is 10.1. The molecule has 4 nitrogen and oxygen atoms in total. The first-order valence-electron chi connectivity index (χ1n) is 6.82. The van der Waals surface area contributed by atoms with Crippen LogP contribution in [0.25, 0.3) is 0 Å². The Bertz CT molecular complexity index is 396. The lowest BCUT2D eigenvalue weighted by Crippen LogP contribution is -2.39. The number of aliphatic imine (C=N–C) groups is 1. The van der Waals surface area contributed by atoms with Crippen molar-refractivity contribution in [3.8, 4) is 5.75 Å². The maximum Gasteiger partial charge on any atom is 0.191 e. The van der Waals surface area contributed by atoms with Crippen LogP contribution in [0.2, 0.25) is 0 Å². The molecule has 1 aromatic rings. The average Bonchev–Trinajstić information content (AvgIpc) is 2.40. The summed E-state index contributed by atoms with van der Waals surface area (Å²) in [5.41, 5.74) is 2.35. The van der Waals surface area contributed by atoms with Gasteiger partial charge in [-0.15, -0.1) is 0 Å². The molecule has 0 heterocycles. The van der Waals surface area contributed by atoms with Crippen LogP contribution in [-0.2, 0) is 0 Å². The Kier molecular flexibility index (Phi) is 6.79. The summed E-state index contributed by atoms with van der Waals surface area (Å²) in [4.78, 5) is 4.14. The first-order valence-corrected chi connectivity index (χ1v) is 6.82. The van der Waals surface area contributed by atoms with Gasteiger partial charge in [0, 0.05) is 13.6 Å². The number of nitrogens with zero attached hydrogens (tertiary/aromatic N) is 1. The second kappa shape index (κ2) is 8.40. The van der Waals surface area contributed by atoms with Gasteiger partial charge >= 0.3 is 0 Å². The van der Waals surface area contributed by atoms with Gasteiger partial charge in [0.1, 0.15) is 12.4 Å². The minimum Gasteiger partial charge on any atom is -0.491 e. The van der Waals surface area contributed by atoms with Gasteiger partial charge in [-0.05, 0) is 31.4 Å². The number of para-hydroxylation sites is 1. The summed E-state index contributed by atoms with van der Waals surface area (Å²) < 4.78 is 5.82. The molecule has 0 saturated heterocycles. The molecule has 4 heteroatoms. The molecule has 0 amide bonds. The Morgan fingerprint density at radius 1 is 1.16 bits per heavy atom. The average molecular weight is 263 g/mol. The van der Waals surface area contributed by atoms with Gasteiger partial charge in [0.15, 0.2) is 5.96 Å². The molecule has 2 N–H and O–H groups in total. The van der Waals surface area contributed by atoms with Crippen LogP contribution in [0, 0.1) is 13.8 Å². The zero-order valence-electron chi connectivity index (χ0n) is 12.4. The highest BCUT2D eigenvalue weighted by Gasteiger charge is 2.02. The molecule has 19 heavy (non-hydrogen) atoms. The lowest BCUT2D eigenvalue weighted by molar-refractivity contribution is 0.317. The van der Waals surface area contributed by atoms with Gasteiger partial charge in [-0.2, -0.15) is 0 Å². The molecule has 0 bridgehead atoms. The van der Waals surface area contributed by atoms with E-state index in [0.29, 0.717) is 6.61 Å². The van der Waals surface area contributed by atoms with E-state index in [-0.39, 0.29) is 0 Å². The van der Waals surface area contributed by atoms with Gasteiger partial charge in [-0.1, -0.05) is 25.1 Å². The van der Waals surface area contributed by atoms with E-state index < -0.39 is 0 Å². The molecule has 0 aliphatic carbocycles. The number of rotatable bonds is 6. The Labute approximate surface area is 116 Å². The van der Waals surface area contributed by atoms with Crippen molar-refractivity contribution < 1.29 is 4.74 Å². The van der Waals surface area contributed by atoms with Gasteiger partial charge < -0.3 is 15.4 Å². The maximum absolute atomic E-state index is 5.82. The van der Waals surface area contributed by atoms with E-state index in [4.69, 9.17) is 4.74 Å². The molecule has 0 saturated carbocycles. The highest BCUT2D eigenvalue weighted by molar-refractivity contribution is 5.79. The fourth-order valence-electron chi connectivity index (χ4n) is 1.81. The predicted octanol–water partition coefficient (Wildman–Crippen LogP) is 2.26. The summed E-state index contributed by atoms with van der Waals surface area (Å²) in [6.07, 6.45) is 1.08. The number of guanidine groups is 1. The van der Waals surface area contributed by atoms with Gasteiger partial charge in [0.05, 0.1) is 6.54 Å².